The number of rotatable bonds is 1. The first-order valence-corrected chi connectivity index (χ1v) is 6.48. The van der Waals surface area contributed by atoms with Gasteiger partial charge in [0, 0.05) is 31.2 Å². The summed E-state index contributed by atoms with van der Waals surface area (Å²) in [5.41, 5.74) is 2.45. The summed E-state index contributed by atoms with van der Waals surface area (Å²) < 4.78 is 20.9. The van der Waals surface area contributed by atoms with Crippen molar-refractivity contribution in [3.05, 3.63) is 41.9 Å². The fraction of sp³-hybridized carbons (Fsp3) is 0.286. The van der Waals surface area contributed by atoms with Crippen molar-refractivity contribution in [2.24, 2.45) is 12.0 Å². The van der Waals surface area contributed by atoms with Gasteiger partial charge in [0.1, 0.15) is 5.65 Å². The normalized spacial score (nSPS) is 25.1. The third kappa shape index (κ3) is 1.72. The number of hydrogen-bond donors (Lipinski definition) is 1. The van der Waals surface area contributed by atoms with Crippen LogP contribution < -0.4 is 5.32 Å². The predicted molar refractivity (Wildman–Crippen MR) is 72.9 cm³/mol. The van der Waals surface area contributed by atoms with E-state index < -0.39 is 12.5 Å². The van der Waals surface area contributed by atoms with E-state index in [1.54, 1.807) is 12.3 Å². The van der Waals surface area contributed by atoms with Crippen LogP contribution in [0.25, 0.3) is 11.0 Å². The lowest BCUT2D eigenvalue weighted by Crippen LogP contribution is -2.39. The van der Waals surface area contributed by atoms with E-state index in [0.29, 0.717) is 12.3 Å². The highest BCUT2D eigenvalue weighted by atomic mass is 19.1. The highest BCUT2D eigenvalue weighted by molar-refractivity contribution is 5.98. The van der Waals surface area contributed by atoms with Crippen LogP contribution in [0.4, 0.5) is 4.39 Å². The van der Waals surface area contributed by atoms with Gasteiger partial charge in [-0.25, -0.2) is 19.7 Å². The van der Waals surface area contributed by atoms with Crippen LogP contribution in [-0.4, -0.2) is 28.0 Å². The third-order valence-electron chi connectivity index (χ3n) is 3.55. The van der Waals surface area contributed by atoms with E-state index >= 15 is 0 Å². The molecule has 0 aliphatic carbocycles. The van der Waals surface area contributed by atoms with Gasteiger partial charge in [0.05, 0.1) is 11.3 Å². The van der Waals surface area contributed by atoms with E-state index in [2.05, 4.69) is 15.3 Å². The molecule has 0 aromatic carbocycles. The first-order chi connectivity index (χ1) is 9.70. The van der Waals surface area contributed by atoms with Gasteiger partial charge < -0.3 is 9.30 Å². The number of aromatic nitrogens is 2. The van der Waals surface area contributed by atoms with Crippen LogP contribution in [0.2, 0.25) is 0 Å². The van der Waals surface area contributed by atoms with Crippen LogP contribution in [0, 0.1) is 0 Å². The molecule has 0 spiro atoms. The van der Waals surface area contributed by atoms with E-state index in [1.165, 1.54) is 0 Å². The van der Waals surface area contributed by atoms with E-state index in [0.717, 1.165) is 22.3 Å². The summed E-state index contributed by atoms with van der Waals surface area (Å²) in [4.78, 5) is 8.81. The number of alkyl halides is 1. The Morgan fingerprint density at radius 3 is 3.30 bits per heavy atom. The van der Waals surface area contributed by atoms with Crippen molar-refractivity contribution in [1.29, 1.82) is 0 Å². The molecule has 0 amide bonds. The Hall–Kier alpha value is -2.21. The lowest BCUT2D eigenvalue weighted by molar-refractivity contribution is 0.128. The molecule has 1 N–H and O–H groups in total. The number of nitrogens with zero attached hydrogens (tertiary/aromatic N) is 3. The lowest BCUT2D eigenvalue weighted by atomic mass is 10.2. The first kappa shape index (κ1) is 11.6. The molecule has 0 fully saturated rings. The van der Waals surface area contributed by atoms with Gasteiger partial charge in [-0.2, -0.15) is 0 Å². The minimum absolute atomic E-state index is 0.321. The second kappa shape index (κ2) is 4.14. The van der Waals surface area contributed by atoms with E-state index in [1.807, 2.05) is 29.9 Å². The fourth-order valence-electron chi connectivity index (χ4n) is 2.51. The number of pyridine rings is 1. The summed E-state index contributed by atoms with van der Waals surface area (Å²) in [6, 6.07) is 3.97. The number of hydrogen-bond acceptors (Lipinski definition) is 4. The quantitative estimate of drug-likeness (QED) is 0.806. The monoisotopic (exact) mass is 272 g/mol. The Morgan fingerprint density at radius 2 is 2.40 bits per heavy atom. The second-order valence-electron chi connectivity index (χ2n) is 4.98. The second-order valence-corrected chi connectivity index (χ2v) is 4.98. The Labute approximate surface area is 114 Å². The molecule has 0 bridgehead atoms. The van der Waals surface area contributed by atoms with Crippen molar-refractivity contribution in [3.63, 3.8) is 0 Å². The number of fused-ring (bicyclic) bond motifs is 2. The summed E-state index contributed by atoms with van der Waals surface area (Å²) in [7, 11) is 1.95. The summed E-state index contributed by atoms with van der Waals surface area (Å²) in [5, 5.41) is 3.75. The molecule has 2 atom stereocenters. The average Bonchev–Trinajstić information content (AvgIpc) is 3.02. The Bertz CT molecular complexity index is 749. The average molecular weight is 272 g/mol. The largest absolute Gasteiger partial charge is 0.452 e. The van der Waals surface area contributed by atoms with Crippen molar-refractivity contribution in [3.8, 4) is 0 Å². The molecule has 2 aromatic rings. The van der Waals surface area contributed by atoms with E-state index in [-0.39, 0.29) is 0 Å². The van der Waals surface area contributed by atoms with Crippen LogP contribution in [0.5, 0.6) is 0 Å². The van der Waals surface area contributed by atoms with Gasteiger partial charge in [0.15, 0.2) is 12.5 Å². The molecule has 2 aliphatic heterocycles. The minimum Gasteiger partial charge on any atom is -0.452 e. The maximum absolute atomic E-state index is 13.3. The van der Waals surface area contributed by atoms with Crippen LogP contribution in [0.1, 0.15) is 12.0 Å². The molecule has 4 heterocycles. The molecule has 5 nitrogen and oxygen atoms in total. The van der Waals surface area contributed by atoms with Crippen LogP contribution in [-0.2, 0) is 11.8 Å². The molecule has 0 saturated heterocycles. The SMILES string of the molecule is Cn1ccc2cc(C3=NC4=CCC(F)NC4O3)cnc21. The summed E-state index contributed by atoms with van der Waals surface area (Å²) in [6.07, 6.45) is 4.21. The maximum atomic E-state index is 13.3. The van der Waals surface area contributed by atoms with Gasteiger partial charge in [-0.1, -0.05) is 6.08 Å². The van der Waals surface area contributed by atoms with Gasteiger partial charge in [-0.3, -0.25) is 0 Å². The van der Waals surface area contributed by atoms with Gasteiger partial charge in [0.2, 0.25) is 5.90 Å². The number of ether oxygens (including phenoxy) is 1. The van der Waals surface area contributed by atoms with Crippen molar-refractivity contribution in [1.82, 2.24) is 14.9 Å². The maximum Gasteiger partial charge on any atom is 0.224 e. The van der Waals surface area contributed by atoms with Crippen molar-refractivity contribution < 1.29 is 9.13 Å². The zero-order chi connectivity index (χ0) is 13.7. The Morgan fingerprint density at radius 1 is 1.50 bits per heavy atom. The van der Waals surface area contributed by atoms with Gasteiger partial charge in [-0.05, 0) is 12.1 Å². The number of aliphatic imine (C=N–C) groups is 1. The molecule has 6 heteroatoms. The van der Waals surface area contributed by atoms with Gasteiger partial charge in [0.25, 0.3) is 0 Å². The Kier molecular flexibility index (Phi) is 2.40. The molecule has 2 aliphatic rings. The summed E-state index contributed by atoms with van der Waals surface area (Å²) in [5.74, 6) is 0.487. The van der Waals surface area contributed by atoms with Crippen molar-refractivity contribution >= 4 is 16.9 Å². The molecule has 0 saturated carbocycles. The lowest BCUT2D eigenvalue weighted by Gasteiger charge is -2.20. The molecule has 2 aromatic heterocycles. The number of aryl methyl sites for hydroxylation is 1. The zero-order valence-corrected chi connectivity index (χ0v) is 10.9. The van der Waals surface area contributed by atoms with Crippen LogP contribution in [0.15, 0.2) is 41.3 Å². The van der Waals surface area contributed by atoms with Crippen LogP contribution in [0.3, 0.4) is 0 Å². The van der Waals surface area contributed by atoms with Crippen molar-refractivity contribution in [2.45, 2.75) is 18.9 Å². The van der Waals surface area contributed by atoms with Gasteiger partial charge >= 0.3 is 0 Å². The molecule has 20 heavy (non-hydrogen) atoms. The topological polar surface area (TPSA) is 51.4 Å². The predicted octanol–water partition coefficient (Wildman–Crippen LogP) is 1.85. The Balaban J connectivity index is 1.70. The standard InChI is InChI=1S/C14H13FN4O/c1-19-5-4-8-6-9(7-16-12(8)19)13-17-10-2-3-11(15)18-14(10)20-13/h2,4-7,11,14,18H,3H2,1H3. The molecule has 4 rings (SSSR count). The highest BCUT2D eigenvalue weighted by Crippen LogP contribution is 2.25. The third-order valence-corrected chi connectivity index (χ3v) is 3.55. The number of halogens is 1. The summed E-state index contributed by atoms with van der Waals surface area (Å²) >= 11 is 0. The molecule has 2 unspecified atom stereocenters. The van der Waals surface area contributed by atoms with E-state index in [4.69, 9.17) is 4.74 Å². The highest BCUT2D eigenvalue weighted by Gasteiger charge is 2.31. The van der Waals surface area contributed by atoms with Gasteiger partial charge in [-0.15, -0.1) is 0 Å². The molecule has 102 valence electrons. The molecular weight excluding hydrogens is 259 g/mol. The minimum atomic E-state index is -1.08. The van der Waals surface area contributed by atoms with Crippen LogP contribution >= 0.6 is 0 Å². The smallest absolute Gasteiger partial charge is 0.224 e. The molecular formula is C14H13FN4O. The van der Waals surface area contributed by atoms with E-state index in [9.17, 15) is 4.39 Å². The number of nitrogens with one attached hydrogen (secondary N) is 1. The fourth-order valence-corrected chi connectivity index (χ4v) is 2.51. The summed E-state index contributed by atoms with van der Waals surface area (Å²) in [6.45, 7) is 0. The first-order valence-electron chi connectivity index (χ1n) is 6.48. The molecule has 0 radical (unpaired) electrons. The van der Waals surface area contributed by atoms with Crippen molar-refractivity contribution in [2.75, 3.05) is 0 Å². The zero-order valence-electron chi connectivity index (χ0n) is 10.9.